The summed E-state index contributed by atoms with van der Waals surface area (Å²) in [6.45, 7) is 4.68. The summed E-state index contributed by atoms with van der Waals surface area (Å²) in [7, 11) is 3.64. The van der Waals surface area contributed by atoms with Crippen LogP contribution in [-0.2, 0) is 9.47 Å². The van der Waals surface area contributed by atoms with E-state index >= 15 is 0 Å². The molecule has 1 saturated heterocycles. The van der Waals surface area contributed by atoms with Crippen molar-refractivity contribution in [2.45, 2.75) is 57.1 Å². The first-order valence-corrected chi connectivity index (χ1v) is 8.27. The maximum Gasteiger partial charge on any atom is 0.191 e. The number of ether oxygens (including phenoxy) is 2. The SMILES string of the molecule is CN=C(NCC1(OC)CCOCC1)NC1CCCC(C)C1.I. The Labute approximate surface area is 152 Å². The van der Waals surface area contributed by atoms with Crippen molar-refractivity contribution in [2.75, 3.05) is 33.9 Å². The molecule has 0 radical (unpaired) electrons. The van der Waals surface area contributed by atoms with Gasteiger partial charge in [-0.15, -0.1) is 24.0 Å². The number of nitrogens with zero attached hydrogens (tertiary/aromatic N) is 1. The fourth-order valence-corrected chi connectivity index (χ4v) is 3.39. The van der Waals surface area contributed by atoms with Crippen LogP contribution in [0.4, 0.5) is 0 Å². The molecular weight excluding hydrogens is 393 g/mol. The largest absolute Gasteiger partial charge is 0.381 e. The van der Waals surface area contributed by atoms with Gasteiger partial charge < -0.3 is 20.1 Å². The second-order valence-corrected chi connectivity index (χ2v) is 6.54. The van der Waals surface area contributed by atoms with Crippen LogP contribution in [0.25, 0.3) is 0 Å². The van der Waals surface area contributed by atoms with Crippen LogP contribution in [0.1, 0.15) is 45.4 Å². The molecule has 2 fully saturated rings. The molecule has 0 aromatic carbocycles. The highest BCUT2D eigenvalue weighted by Gasteiger charge is 2.32. The van der Waals surface area contributed by atoms with E-state index in [2.05, 4.69) is 22.5 Å². The van der Waals surface area contributed by atoms with Gasteiger partial charge in [0.05, 0.1) is 5.60 Å². The van der Waals surface area contributed by atoms with Gasteiger partial charge in [0.25, 0.3) is 0 Å². The lowest BCUT2D eigenvalue weighted by molar-refractivity contribution is -0.0855. The minimum atomic E-state index is -0.115. The van der Waals surface area contributed by atoms with E-state index in [9.17, 15) is 0 Å². The summed E-state index contributed by atoms with van der Waals surface area (Å²) in [4.78, 5) is 4.36. The van der Waals surface area contributed by atoms with Crippen LogP contribution in [0.15, 0.2) is 4.99 Å². The van der Waals surface area contributed by atoms with E-state index in [0.29, 0.717) is 6.04 Å². The summed E-state index contributed by atoms with van der Waals surface area (Å²) in [5.74, 6) is 1.71. The standard InChI is InChI=1S/C16H31N3O2.HI/c1-13-5-4-6-14(11-13)19-15(17-2)18-12-16(20-3)7-9-21-10-8-16;/h13-14H,4-12H2,1-3H3,(H2,17,18,19);1H. The van der Waals surface area contributed by atoms with Gasteiger partial charge in [0.1, 0.15) is 0 Å². The molecule has 6 heteroatoms. The minimum Gasteiger partial charge on any atom is -0.381 e. The normalized spacial score (nSPS) is 28.6. The number of methoxy groups -OCH3 is 1. The van der Waals surface area contributed by atoms with Crippen molar-refractivity contribution in [3.8, 4) is 0 Å². The van der Waals surface area contributed by atoms with Crippen LogP contribution in [0.3, 0.4) is 0 Å². The first-order valence-electron chi connectivity index (χ1n) is 8.27. The Hall–Kier alpha value is -0.0800. The van der Waals surface area contributed by atoms with Gasteiger partial charge in [-0.25, -0.2) is 0 Å². The smallest absolute Gasteiger partial charge is 0.191 e. The molecular formula is C16H32IN3O2. The first-order chi connectivity index (χ1) is 10.2. The number of nitrogens with one attached hydrogen (secondary N) is 2. The Morgan fingerprint density at radius 3 is 2.64 bits per heavy atom. The molecule has 1 heterocycles. The molecule has 0 amide bonds. The maximum atomic E-state index is 5.76. The maximum absolute atomic E-state index is 5.76. The predicted octanol–water partition coefficient (Wildman–Crippen LogP) is 2.54. The molecule has 1 aliphatic heterocycles. The van der Waals surface area contributed by atoms with Gasteiger partial charge >= 0.3 is 0 Å². The molecule has 1 aliphatic carbocycles. The summed E-state index contributed by atoms with van der Waals surface area (Å²) in [6.07, 6.45) is 7.03. The van der Waals surface area contributed by atoms with Crippen LogP contribution < -0.4 is 10.6 Å². The molecule has 2 N–H and O–H groups in total. The number of aliphatic imine (C=N–C) groups is 1. The van der Waals surface area contributed by atoms with Crippen molar-refractivity contribution in [1.29, 1.82) is 0 Å². The zero-order valence-corrected chi connectivity index (χ0v) is 16.5. The van der Waals surface area contributed by atoms with Crippen molar-refractivity contribution in [1.82, 2.24) is 10.6 Å². The molecule has 2 rings (SSSR count). The molecule has 1 saturated carbocycles. The first kappa shape index (κ1) is 20.0. The topological polar surface area (TPSA) is 54.9 Å². The van der Waals surface area contributed by atoms with Gasteiger partial charge in [-0.05, 0) is 18.8 Å². The molecule has 22 heavy (non-hydrogen) atoms. The van der Waals surface area contributed by atoms with Crippen LogP contribution >= 0.6 is 24.0 Å². The van der Waals surface area contributed by atoms with Crippen molar-refractivity contribution in [2.24, 2.45) is 10.9 Å². The number of guanidine groups is 1. The van der Waals surface area contributed by atoms with Gasteiger partial charge in [-0.1, -0.05) is 19.8 Å². The molecule has 2 unspecified atom stereocenters. The Morgan fingerprint density at radius 1 is 1.32 bits per heavy atom. The number of rotatable bonds is 4. The predicted molar refractivity (Wildman–Crippen MR) is 101 cm³/mol. The Bertz CT molecular complexity index is 346. The minimum absolute atomic E-state index is 0. The molecule has 130 valence electrons. The Balaban J connectivity index is 0.00000242. The van der Waals surface area contributed by atoms with Crippen LogP contribution in [0, 0.1) is 5.92 Å². The van der Waals surface area contributed by atoms with E-state index in [4.69, 9.17) is 9.47 Å². The molecule has 0 spiro atoms. The third-order valence-corrected chi connectivity index (χ3v) is 4.92. The Morgan fingerprint density at radius 2 is 2.05 bits per heavy atom. The van der Waals surface area contributed by atoms with Crippen molar-refractivity contribution in [3.63, 3.8) is 0 Å². The fraction of sp³-hybridized carbons (Fsp3) is 0.938. The average molecular weight is 425 g/mol. The Kier molecular flexibility index (Phi) is 9.01. The highest BCUT2D eigenvalue weighted by Crippen LogP contribution is 2.24. The summed E-state index contributed by atoms with van der Waals surface area (Å²) in [5.41, 5.74) is -0.115. The molecule has 0 bridgehead atoms. The van der Waals surface area contributed by atoms with Crippen molar-refractivity contribution < 1.29 is 9.47 Å². The van der Waals surface area contributed by atoms with E-state index in [1.165, 1.54) is 25.7 Å². The molecule has 2 atom stereocenters. The van der Waals surface area contributed by atoms with Gasteiger partial charge in [0, 0.05) is 52.8 Å². The lowest BCUT2D eigenvalue weighted by Gasteiger charge is -2.37. The third-order valence-electron chi connectivity index (χ3n) is 4.92. The van der Waals surface area contributed by atoms with E-state index in [1.54, 1.807) is 7.11 Å². The summed E-state index contributed by atoms with van der Waals surface area (Å²) in [5, 5.41) is 7.02. The lowest BCUT2D eigenvalue weighted by atomic mass is 9.87. The van der Waals surface area contributed by atoms with Crippen LogP contribution in [-0.4, -0.2) is 51.5 Å². The summed E-state index contributed by atoms with van der Waals surface area (Å²) < 4.78 is 11.2. The molecule has 2 aliphatic rings. The number of hydrogen-bond donors (Lipinski definition) is 2. The van der Waals surface area contributed by atoms with Gasteiger partial charge in [0.2, 0.25) is 0 Å². The van der Waals surface area contributed by atoms with Gasteiger partial charge in [0.15, 0.2) is 5.96 Å². The monoisotopic (exact) mass is 425 g/mol. The second-order valence-electron chi connectivity index (χ2n) is 6.54. The van der Waals surface area contributed by atoms with Crippen molar-refractivity contribution in [3.05, 3.63) is 0 Å². The van der Waals surface area contributed by atoms with Gasteiger partial charge in [-0.2, -0.15) is 0 Å². The zero-order chi connectivity index (χ0) is 15.1. The molecule has 0 aromatic heterocycles. The molecule has 0 aromatic rings. The quantitative estimate of drug-likeness (QED) is 0.413. The van der Waals surface area contributed by atoms with E-state index in [0.717, 1.165) is 44.5 Å². The van der Waals surface area contributed by atoms with Crippen molar-refractivity contribution >= 4 is 29.9 Å². The third kappa shape index (κ3) is 5.85. The summed E-state index contributed by atoms with van der Waals surface area (Å²) >= 11 is 0. The van der Waals surface area contributed by atoms with Gasteiger partial charge in [-0.3, -0.25) is 4.99 Å². The van der Waals surface area contributed by atoms with E-state index < -0.39 is 0 Å². The summed E-state index contributed by atoms with van der Waals surface area (Å²) in [6, 6.07) is 0.549. The number of halogens is 1. The highest BCUT2D eigenvalue weighted by molar-refractivity contribution is 14.0. The number of hydrogen-bond acceptors (Lipinski definition) is 3. The highest BCUT2D eigenvalue weighted by atomic mass is 127. The zero-order valence-electron chi connectivity index (χ0n) is 14.2. The van der Waals surface area contributed by atoms with E-state index in [-0.39, 0.29) is 29.6 Å². The van der Waals surface area contributed by atoms with Crippen LogP contribution in [0.5, 0.6) is 0 Å². The lowest BCUT2D eigenvalue weighted by Crippen LogP contribution is -2.52. The van der Waals surface area contributed by atoms with Crippen LogP contribution in [0.2, 0.25) is 0 Å². The van der Waals surface area contributed by atoms with E-state index in [1.807, 2.05) is 7.05 Å². The average Bonchev–Trinajstić information content (AvgIpc) is 2.52. The fourth-order valence-electron chi connectivity index (χ4n) is 3.39. The second kappa shape index (κ2) is 9.93. The molecule has 5 nitrogen and oxygen atoms in total.